The van der Waals surface area contributed by atoms with E-state index in [0.29, 0.717) is 6.04 Å². The highest BCUT2D eigenvalue weighted by Gasteiger charge is 2.21. The van der Waals surface area contributed by atoms with Gasteiger partial charge >= 0.3 is 0 Å². The lowest BCUT2D eigenvalue weighted by Gasteiger charge is -2.33. The first-order valence-corrected chi connectivity index (χ1v) is 6.60. The molecule has 1 heterocycles. The van der Waals surface area contributed by atoms with Gasteiger partial charge in [0.1, 0.15) is 0 Å². The molecular formula is C14H23N3. The van der Waals surface area contributed by atoms with E-state index in [0.717, 1.165) is 19.0 Å². The van der Waals surface area contributed by atoms with Crippen LogP contribution >= 0.6 is 0 Å². The van der Waals surface area contributed by atoms with Crippen molar-refractivity contribution in [1.29, 1.82) is 0 Å². The van der Waals surface area contributed by atoms with E-state index in [-0.39, 0.29) is 0 Å². The number of hydrogen-bond acceptors (Lipinski definition) is 3. The van der Waals surface area contributed by atoms with Crippen LogP contribution in [0.4, 0.5) is 0 Å². The third-order valence-electron chi connectivity index (χ3n) is 3.84. The largest absolute Gasteiger partial charge is 0.328 e. The SMILES string of the molecule is CN(CCc1cccnc1)C1CCC(N)CC1. The first-order chi connectivity index (χ1) is 8.25. The van der Waals surface area contributed by atoms with Gasteiger partial charge in [-0.2, -0.15) is 0 Å². The molecule has 0 unspecified atom stereocenters. The molecule has 2 N–H and O–H groups in total. The molecule has 0 aromatic carbocycles. The highest BCUT2D eigenvalue weighted by Crippen LogP contribution is 2.21. The molecular weight excluding hydrogens is 210 g/mol. The second-order valence-corrected chi connectivity index (χ2v) is 5.16. The van der Waals surface area contributed by atoms with E-state index >= 15 is 0 Å². The molecule has 0 spiro atoms. The van der Waals surface area contributed by atoms with Crippen molar-refractivity contribution in [2.24, 2.45) is 5.73 Å². The minimum absolute atomic E-state index is 0.443. The quantitative estimate of drug-likeness (QED) is 0.862. The van der Waals surface area contributed by atoms with E-state index in [1.54, 1.807) is 0 Å². The van der Waals surface area contributed by atoms with Gasteiger partial charge in [0.2, 0.25) is 0 Å². The van der Waals surface area contributed by atoms with Crippen LogP contribution in [-0.4, -0.2) is 35.6 Å². The molecule has 0 atom stereocenters. The summed E-state index contributed by atoms with van der Waals surface area (Å²) in [6.07, 6.45) is 9.76. The van der Waals surface area contributed by atoms with Crippen molar-refractivity contribution >= 4 is 0 Å². The lowest BCUT2D eigenvalue weighted by molar-refractivity contribution is 0.185. The van der Waals surface area contributed by atoms with Crippen LogP contribution in [0.25, 0.3) is 0 Å². The molecule has 0 aliphatic heterocycles. The number of rotatable bonds is 4. The second-order valence-electron chi connectivity index (χ2n) is 5.16. The summed E-state index contributed by atoms with van der Waals surface area (Å²) in [7, 11) is 2.23. The fraction of sp³-hybridized carbons (Fsp3) is 0.643. The fourth-order valence-corrected chi connectivity index (χ4v) is 2.58. The Kier molecular flexibility index (Phi) is 4.51. The highest BCUT2D eigenvalue weighted by molar-refractivity contribution is 5.08. The van der Waals surface area contributed by atoms with Crippen LogP contribution < -0.4 is 5.73 Å². The standard InChI is InChI=1S/C14H23N3/c1-17(14-6-4-13(15)5-7-14)10-8-12-3-2-9-16-11-12/h2-3,9,11,13-14H,4-8,10,15H2,1H3. The summed E-state index contributed by atoms with van der Waals surface area (Å²) < 4.78 is 0. The number of nitrogens with two attached hydrogens (primary N) is 1. The van der Waals surface area contributed by atoms with E-state index in [4.69, 9.17) is 5.73 Å². The van der Waals surface area contributed by atoms with Crippen LogP contribution in [0.1, 0.15) is 31.2 Å². The molecule has 1 fully saturated rings. The monoisotopic (exact) mass is 233 g/mol. The summed E-state index contributed by atoms with van der Waals surface area (Å²) in [5.41, 5.74) is 7.26. The van der Waals surface area contributed by atoms with Crippen molar-refractivity contribution in [3.05, 3.63) is 30.1 Å². The number of likely N-dealkylation sites (N-methyl/N-ethyl adjacent to an activating group) is 1. The molecule has 94 valence electrons. The van der Waals surface area contributed by atoms with Gasteiger partial charge in [0.25, 0.3) is 0 Å². The predicted octanol–water partition coefficient (Wildman–Crippen LogP) is 1.83. The smallest absolute Gasteiger partial charge is 0.0300 e. The molecule has 0 bridgehead atoms. The molecule has 3 nitrogen and oxygen atoms in total. The maximum absolute atomic E-state index is 5.94. The average Bonchev–Trinajstić information content (AvgIpc) is 2.38. The third-order valence-corrected chi connectivity index (χ3v) is 3.84. The molecule has 1 aliphatic carbocycles. The molecule has 1 aromatic heterocycles. The van der Waals surface area contributed by atoms with Gasteiger partial charge in [0.05, 0.1) is 0 Å². The first kappa shape index (κ1) is 12.5. The fourth-order valence-electron chi connectivity index (χ4n) is 2.58. The van der Waals surface area contributed by atoms with Crippen LogP contribution in [-0.2, 0) is 6.42 Å². The second kappa shape index (κ2) is 6.12. The number of pyridine rings is 1. The zero-order chi connectivity index (χ0) is 12.1. The average molecular weight is 233 g/mol. The summed E-state index contributed by atoms with van der Waals surface area (Å²) in [5, 5.41) is 0. The zero-order valence-electron chi connectivity index (χ0n) is 10.7. The van der Waals surface area contributed by atoms with Gasteiger partial charge in [0, 0.05) is 31.0 Å². The summed E-state index contributed by atoms with van der Waals surface area (Å²) in [6.45, 7) is 1.12. The Hall–Kier alpha value is -0.930. The van der Waals surface area contributed by atoms with Gasteiger partial charge in [-0.3, -0.25) is 4.98 Å². The molecule has 3 heteroatoms. The maximum atomic E-state index is 5.94. The normalized spacial score (nSPS) is 25.1. The molecule has 0 amide bonds. The van der Waals surface area contributed by atoms with Crippen molar-refractivity contribution in [2.75, 3.05) is 13.6 Å². The van der Waals surface area contributed by atoms with Gasteiger partial charge in [-0.05, 0) is 50.8 Å². The maximum Gasteiger partial charge on any atom is 0.0300 e. The van der Waals surface area contributed by atoms with Crippen molar-refractivity contribution in [2.45, 2.75) is 44.2 Å². The molecule has 1 aromatic rings. The molecule has 0 saturated heterocycles. The van der Waals surface area contributed by atoms with Crippen molar-refractivity contribution in [3.8, 4) is 0 Å². The Labute approximate surface area is 104 Å². The van der Waals surface area contributed by atoms with Crippen LogP contribution in [0, 0.1) is 0 Å². The van der Waals surface area contributed by atoms with Crippen LogP contribution in [0.5, 0.6) is 0 Å². The Balaban J connectivity index is 1.75. The van der Waals surface area contributed by atoms with Crippen LogP contribution in [0.2, 0.25) is 0 Å². The lowest BCUT2D eigenvalue weighted by Crippen LogP contribution is -2.39. The van der Waals surface area contributed by atoms with Crippen LogP contribution in [0.15, 0.2) is 24.5 Å². The highest BCUT2D eigenvalue weighted by atomic mass is 15.1. The number of nitrogens with zero attached hydrogens (tertiary/aromatic N) is 2. The minimum Gasteiger partial charge on any atom is -0.328 e. The Morgan fingerprint density at radius 3 is 2.76 bits per heavy atom. The van der Waals surface area contributed by atoms with Gasteiger partial charge in [-0.1, -0.05) is 6.07 Å². The Bertz CT molecular complexity index is 317. The van der Waals surface area contributed by atoms with Crippen LogP contribution in [0.3, 0.4) is 0 Å². The molecule has 17 heavy (non-hydrogen) atoms. The van der Waals surface area contributed by atoms with E-state index in [1.807, 2.05) is 18.5 Å². The zero-order valence-corrected chi connectivity index (χ0v) is 10.7. The van der Waals surface area contributed by atoms with Gasteiger partial charge in [-0.25, -0.2) is 0 Å². The summed E-state index contributed by atoms with van der Waals surface area (Å²) in [5.74, 6) is 0. The molecule has 1 saturated carbocycles. The lowest BCUT2D eigenvalue weighted by atomic mass is 9.91. The van der Waals surface area contributed by atoms with Gasteiger partial charge in [-0.15, -0.1) is 0 Å². The first-order valence-electron chi connectivity index (χ1n) is 6.60. The van der Waals surface area contributed by atoms with E-state index in [2.05, 4.69) is 23.0 Å². The molecule has 0 radical (unpaired) electrons. The van der Waals surface area contributed by atoms with Crippen molar-refractivity contribution in [1.82, 2.24) is 9.88 Å². The Morgan fingerprint density at radius 2 is 2.12 bits per heavy atom. The summed E-state index contributed by atoms with van der Waals surface area (Å²) >= 11 is 0. The van der Waals surface area contributed by atoms with Gasteiger partial charge < -0.3 is 10.6 Å². The van der Waals surface area contributed by atoms with E-state index in [9.17, 15) is 0 Å². The third kappa shape index (κ3) is 3.79. The van der Waals surface area contributed by atoms with Crippen molar-refractivity contribution in [3.63, 3.8) is 0 Å². The minimum atomic E-state index is 0.443. The van der Waals surface area contributed by atoms with Crippen molar-refractivity contribution < 1.29 is 0 Å². The summed E-state index contributed by atoms with van der Waals surface area (Å²) in [4.78, 5) is 6.64. The number of hydrogen-bond donors (Lipinski definition) is 1. The molecule has 1 aliphatic rings. The van der Waals surface area contributed by atoms with E-state index < -0.39 is 0 Å². The predicted molar refractivity (Wildman–Crippen MR) is 70.8 cm³/mol. The number of aromatic nitrogens is 1. The summed E-state index contributed by atoms with van der Waals surface area (Å²) in [6, 6.07) is 5.33. The van der Waals surface area contributed by atoms with E-state index in [1.165, 1.54) is 31.2 Å². The van der Waals surface area contributed by atoms with Gasteiger partial charge in [0.15, 0.2) is 0 Å². The molecule has 2 rings (SSSR count). The Morgan fingerprint density at radius 1 is 1.35 bits per heavy atom. The topological polar surface area (TPSA) is 42.2 Å².